The van der Waals surface area contributed by atoms with Gasteiger partial charge in [0.15, 0.2) is 0 Å². The third-order valence-electron chi connectivity index (χ3n) is 6.29. The van der Waals surface area contributed by atoms with Crippen LogP contribution in [-0.2, 0) is 22.6 Å². The molecule has 1 aliphatic rings. The summed E-state index contributed by atoms with van der Waals surface area (Å²) in [6, 6.07) is 15.4. The van der Waals surface area contributed by atoms with E-state index >= 15 is 0 Å². The molecule has 2 aromatic carbocycles. The molecular formula is C27H36N2O3. The minimum atomic E-state index is -0.490. The Balaban J connectivity index is 1.80. The van der Waals surface area contributed by atoms with Crippen molar-refractivity contribution in [1.82, 2.24) is 10.2 Å². The van der Waals surface area contributed by atoms with E-state index in [1.165, 1.54) is 6.42 Å². The smallest absolute Gasteiger partial charge is 0.243 e. The Bertz CT molecular complexity index is 888. The van der Waals surface area contributed by atoms with E-state index in [-0.39, 0.29) is 24.3 Å². The first-order chi connectivity index (χ1) is 15.5. The van der Waals surface area contributed by atoms with E-state index in [0.717, 1.165) is 48.1 Å². The van der Waals surface area contributed by atoms with Gasteiger partial charge in [-0.25, -0.2) is 0 Å². The number of amides is 2. The second kappa shape index (κ2) is 11.7. The Morgan fingerprint density at radius 3 is 2.41 bits per heavy atom. The lowest BCUT2D eigenvalue weighted by Crippen LogP contribution is -2.51. The van der Waals surface area contributed by atoms with Gasteiger partial charge in [0.1, 0.15) is 11.8 Å². The van der Waals surface area contributed by atoms with Crippen LogP contribution in [0.4, 0.5) is 0 Å². The first-order valence-corrected chi connectivity index (χ1v) is 11.8. The standard InChI is InChI=1S/C27H36N2O3/c1-4-25(27(31)28-23-11-6-5-7-12-23)29(19-21-13-15-24(32-3)16-14-21)26(30)18-22-10-8-9-20(2)17-22/h8-10,13-17,23,25H,4-7,11-12,18-19H2,1-3H3,(H,28,31). The predicted molar refractivity (Wildman–Crippen MR) is 128 cm³/mol. The van der Waals surface area contributed by atoms with Crippen LogP contribution in [-0.4, -0.2) is 35.9 Å². The third kappa shape index (κ3) is 6.59. The fraction of sp³-hybridized carbons (Fsp3) is 0.481. The lowest BCUT2D eigenvalue weighted by Gasteiger charge is -2.33. The van der Waals surface area contributed by atoms with Gasteiger partial charge in [0.25, 0.3) is 0 Å². The van der Waals surface area contributed by atoms with Gasteiger partial charge in [-0.1, -0.05) is 68.1 Å². The molecule has 3 rings (SSSR count). The summed E-state index contributed by atoms with van der Waals surface area (Å²) in [5.74, 6) is 0.705. The van der Waals surface area contributed by atoms with Crippen LogP contribution in [0.25, 0.3) is 0 Å². The highest BCUT2D eigenvalue weighted by molar-refractivity contribution is 5.88. The molecule has 1 saturated carbocycles. The third-order valence-corrected chi connectivity index (χ3v) is 6.29. The summed E-state index contributed by atoms with van der Waals surface area (Å²) < 4.78 is 5.26. The van der Waals surface area contributed by atoms with Gasteiger partial charge in [-0.2, -0.15) is 0 Å². The van der Waals surface area contributed by atoms with Gasteiger partial charge < -0.3 is 15.0 Å². The molecule has 0 radical (unpaired) electrons. The van der Waals surface area contributed by atoms with Gasteiger partial charge in [0.05, 0.1) is 13.5 Å². The summed E-state index contributed by atoms with van der Waals surface area (Å²) in [6.45, 7) is 4.40. The summed E-state index contributed by atoms with van der Waals surface area (Å²) in [7, 11) is 1.63. The maximum atomic E-state index is 13.5. The Labute approximate surface area is 192 Å². The molecule has 2 aromatic rings. The van der Waals surface area contributed by atoms with Crippen LogP contribution in [0, 0.1) is 6.92 Å². The van der Waals surface area contributed by atoms with E-state index in [4.69, 9.17) is 4.74 Å². The van der Waals surface area contributed by atoms with Crippen molar-refractivity contribution in [1.29, 1.82) is 0 Å². The number of ether oxygens (including phenoxy) is 1. The molecule has 0 saturated heterocycles. The summed E-state index contributed by atoms with van der Waals surface area (Å²) in [4.78, 5) is 28.5. The Kier molecular flexibility index (Phi) is 8.72. The molecule has 0 aromatic heterocycles. The molecule has 2 amide bonds. The zero-order valence-corrected chi connectivity index (χ0v) is 19.6. The lowest BCUT2D eigenvalue weighted by molar-refractivity contribution is -0.141. The molecule has 1 unspecified atom stereocenters. The van der Waals surface area contributed by atoms with Gasteiger partial charge in [-0.15, -0.1) is 0 Å². The number of aryl methyl sites for hydroxylation is 1. The highest BCUT2D eigenvalue weighted by Gasteiger charge is 2.30. The Hall–Kier alpha value is -2.82. The number of hydrogen-bond donors (Lipinski definition) is 1. The molecule has 172 valence electrons. The van der Waals surface area contributed by atoms with E-state index in [0.29, 0.717) is 13.0 Å². The number of methoxy groups -OCH3 is 1. The van der Waals surface area contributed by atoms with Gasteiger partial charge >= 0.3 is 0 Å². The Morgan fingerprint density at radius 2 is 1.78 bits per heavy atom. The van der Waals surface area contributed by atoms with Gasteiger partial charge in [0.2, 0.25) is 11.8 Å². The summed E-state index contributed by atoms with van der Waals surface area (Å²) >= 11 is 0. The molecule has 1 N–H and O–H groups in total. The molecule has 0 bridgehead atoms. The van der Waals surface area contributed by atoms with E-state index < -0.39 is 6.04 Å². The average molecular weight is 437 g/mol. The molecular weight excluding hydrogens is 400 g/mol. The quantitative estimate of drug-likeness (QED) is 0.614. The van der Waals surface area contributed by atoms with Crippen LogP contribution in [0.1, 0.15) is 62.1 Å². The summed E-state index contributed by atoms with van der Waals surface area (Å²) in [6.07, 6.45) is 6.46. The minimum Gasteiger partial charge on any atom is -0.497 e. The van der Waals surface area contributed by atoms with Gasteiger partial charge in [0, 0.05) is 12.6 Å². The van der Waals surface area contributed by atoms with Crippen molar-refractivity contribution in [2.24, 2.45) is 0 Å². The fourth-order valence-electron chi connectivity index (χ4n) is 4.49. The van der Waals surface area contributed by atoms with Crippen LogP contribution in [0.15, 0.2) is 48.5 Å². The second-order valence-corrected chi connectivity index (χ2v) is 8.80. The highest BCUT2D eigenvalue weighted by Crippen LogP contribution is 2.20. The molecule has 5 heteroatoms. The van der Waals surface area contributed by atoms with Crippen LogP contribution in [0.5, 0.6) is 5.75 Å². The number of rotatable bonds is 9. The monoisotopic (exact) mass is 436 g/mol. The van der Waals surface area contributed by atoms with Crippen molar-refractivity contribution in [2.45, 2.75) is 77.4 Å². The minimum absolute atomic E-state index is 0.0305. The van der Waals surface area contributed by atoms with Gasteiger partial charge in [-0.05, 0) is 49.4 Å². The van der Waals surface area contributed by atoms with E-state index in [1.807, 2.05) is 62.4 Å². The second-order valence-electron chi connectivity index (χ2n) is 8.80. The number of carbonyl (C=O) groups excluding carboxylic acids is 2. The highest BCUT2D eigenvalue weighted by atomic mass is 16.5. The number of nitrogens with one attached hydrogen (secondary N) is 1. The molecule has 0 spiro atoms. The first kappa shape index (κ1) is 23.8. The maximum absolute atomic E-state index is 13.5. The first-order valence-electron chi connectivity index (χ1n) is 11.8. The number of carbonyl (C=O) groups is 2. The molecule has 1 fully saturated rings. The van der Waals surface area contributed by atoms with Crippen molar-refractivity contribution in [3.63, 3.8) is 0 Å². The molecule has 5 nitrogen and oxygen atoms in total. The van der Waals surface area contributed by atoms with E-state index in [1.54, 1.807) is 12.0 Å². The van der Waals surface area contributed by atoms with E-state index in [2.05, 4.69) is 5.32 Å². The molecule has 0 aliphatic heterocycles. The molecule has 1 aliphatic carbocycles. The fourth-order valence-corrected chi connectivity index (χ4v) is 4.49. The molecule has 1 atom stereocenters. The summed E-state index contributed by atoms with van der Waals surface area (Å²) in [5.41, 5.74) is 3.07. The normalized spacial score (nSPS) is 15.1. The van der Waals surface area contributed by atoms with Crippen LogP contribution in [0.2, 0.25) is 0 Å². The van der Waals surface area contributed by atoms with Crippen LogP contribution >= 0.6 is 0 Å². The SMILES string of the molecule is CCC(C(=O)NC1CCCCC1)N(Cc1ccc(OC)cc1)C(=O)Cc1cccc(C)c1. The largest absolute Gasteiger partial charge is 0.497 e. The van der Waals surface area contributed by atoms with E-state index in [9.17, 15) is 9.59 Å². The van der Waals surface area contributed by atoms with Crippen LogP contribution in [0.3, 0.4) is 0 Å². The predicted octanol–water partition coefficient (Wildman–Crippen LogP) is 4.80. The van der Waals surface area contributed by atoms with Crippen molar-refractivity contribution in [2.75, 3.05) is 7.11 Å². The zero-order chi connectivity index (χ0) is 22.9. The molecule has 0 heterocycles. The Morgan fingerprint density at radius 1 is 1.06 bits per heavy atom. The average Bonchev–Trinajstić information content (AvgIpc) is 2.80. The summed E-state index contributed by atoms with van der Waals surface area (Å²) in [5, 5.41) is 3.23. The maximum Gasteiger partial charge on any atom is 0.243 e. The van der Waals surface area contributed by atoms with Crippen molar-refractivity contribution in [3.8, 4) is 5.75 Å². The topological polar surface area (TPSA) is 58.6 Å². The lowest BCUT2D eigenvalue weighted by atomic mass is 9.95. The van der Waals surface area contributed by atoms with Crippen molar-refractivity contribution < 1.29 is 14.3 Å². The van der Waals surface area contributed by atoms with Crippen molar-refractivity contribution in [3.05, 3.63) is 65.2 Å². The number of hydrogen-bond acceptors (Lipinski definition) is 3. The van der Waals surface area contributed by atoms with Crippen molar-refractivity contribution >= 4 is 11.8 Å². The van der Waals surface area contributed by atoms with Gasteiger partial charge in [-0.3, -0.25) is 9.59 Å². The molecule has 32 heavy (non-hydrogen) atoms. The van der Waals surface area contributed by atoms with Crippen LogP contribution < -0.4 is 10.1 Å². The number of nitrogens with zero attached hydrogens (tertiary/aromatic N) is 1. The zero-order valence-electron chi connectivity index (χ0n) is 19.6. The number of benzene rings is 2.